The summed E-state index contributed by atoms with van der Waals surface area (Å²) in [7, 11) is 0. The maximum Gasteiger partial charge on any atom is 0.242 e. The Morgan fingerprint density at radius 3 is 2.38 bits per heavy atom. The Hall–Kier alpha value is -2.27. The smallest absolute Gasteiger partial charge is 0.242 e. The van der Waals surface area contributed by atoms with E-state index in [0.29, 0.717) is 12.3 Å². The Kier molecular flexibility index (Phi) is 8.80. The van der Waals surface area contributed by atoms with Crippen LogP contribution in [-0.4, -0.2) is 34.6 Å². The van der Waals surface area contributed by atoms with Crippen LogP contribution in [0.25, 0.3) is 0 Å². The van der Waals surface area contributed by atoms with Crippen LogP contribution in [0.4, 0.5) is 0 Å². The summed E-state index contributed by atoms with van der Waals surface area (Å²) in [5.74, 6) is 1.12. The highest BCUT2D eigenvalue weighted by molar-refractivity contribution is 7.99. The van der Waals surface area contributed by atoms with Crippen LogP contribution in [0.3, 0.4) is 0 Å². The van der Waals surface area contributed by atoms with Crippen molar-refractivity contribution in [3.63, 3.8) is 0 Å². The van der Waals surface area contributed by atoms with Gasteiger partial charge in [0.15, 0.2) is 0 Å². The van der Waals surface area contributed by atoms with Gasteiger partial charge in [-0.1, -0.05) is 66.4 Å². The molecule has 0 aliphatic heterocycles. The molecule has 0 aromatic heterocycles. The van der Waals surface area contributed by atoms with Crippen molar-refractivity contribution in [3.8, 4) is 0 Å². The van der Waals surface area contributed by atoms with Crippen molar-refractivity contribution in [1.82, 2.24) is 10.2 Å². The number of carbonyl (C=O) groups excluding carboxylic acids is 2. The molecule has 4 nitrogen and oxygen atoms in total. The van der Waals surface area contributed by atoms with Crippen LogP contribution in [0, 0.1) is 20.8 Å². The van der Waals surface area contributed by atoms with Crippen molar-refractivity contribution >= 4 is 23.6 Å². The second-order valence-corrected chi connectivity index (χ2v) is 10.1. The molecule has 1 N–H and O–H groups in total. The van der Waals surface area contributed by atoms with Crippen LogP contribution in [0.15, 0.2) is 42.5 Å². The molecule has 1 fully saturated rings. The summed E-state index contributed by atoms with van der Waals surface area (Å²) in [5, 5.41) is 3.17. The van der Waals surface area contributed by atoms with E-state index in [1.165, 1.54) is 29.5 Å². The zero-order valence-electron chi connectivity index (χ0n) is 19.8. The van der Waals surface area contributed by atoms with Crippen LogP contribution >= 0.6 is 11.8 Å². The Balaban J connectivity index is 1.67. The van der Waals surface area contributed by atoms with Gasteiger partial charge in [0.25, 0.3) is 0 Å². The molecule has 1 unspecified atom stereocenters. The summed E-state index contributed by atoms with van der Waals surface area (Å²) in [6.45, 7) is 8.56. The Labute approximate surface area is 197 Å². The molecule has 32 heavy (non-hydrogen) atoms. The van der Waals surface area contributed by atoms with E-state index in [9.17, 15) is 9.59 Å². The summed E-state index contributed by atoms with van der Waals surface area (Å²) in [6.07, 6.45) is 4.41. The fourth-order valence-corrected chi connectivity index (χ4v) is 5.28. The first-order chi connectivity index (χ1) is 15.3. The third-order valence-electron chi connectivity index (χ3n) is 6.25. The first-order valence-electron chi connectivity index (χ1n) is 11.6. The Bertz CT molecular complexity index is 917. The topological polar surface area (TPSA) is 49.4 Å². The van der Waals surface area contributed by atoms with E-state index in [0.717, 1.165) is 29.7 Å². The largest absolute Gasteiger partial charge is 0.352 e. The highest BCUT2D eigenvalue weighted by Gasteiger charge is 2.28. The average Bonchev–Trinajstić information content (AvgIpc) is 3.25. The number of amides is 2. The molecule has 1 saturated carbocycles. The first-order valence-corrected chi connectivity index (χ1v) is 12.8. The van der Waals surface area contributed by atoms with Gasteiger partial charge in [0.1, 0.15) is 6.04 Å². The van der Waals surface area contributed by atoms with Gasteiger partial charge in [-0.05, 0) is 57.2 Å². The molecule has 5 heteroatoms. The molecule has 1 aliphatic carbocycles. The zero-order valence-corrected chi connectivity index (χ0v) is 20.6. The number of nitrogens with one attached hydrogen (secondary N) is 1. The fourth-order valence-electron chi connectivity index (χ4n) is 4.44. The molecule has 0 spiro atoms. The van der Waals surface area contributed by atoms with Crippen molar-refractivity contribution < 1.29 is 9.59 Å². The first kappa shape index (κ1) is 24.4. The molecule has 2 amide bonds. The van der Waals surface area contributed by atoms with E-state index in [-0.39, 0.29) is 17.9 Å². The number of thioether (sulfide) groups is 1. The highest BCUT2D eigenvalue weighted by Crippen LogP contribution is 2.21. The van der Waals surface area contributed by atoms with E-state index < -0.39 is 6.04 Å². The van der Waals surface area contributed by atoms with Gasteiger partial charge in [-0.2, -0.15) is 0 Å². The van der Waals surface area contributed by atoms with Crippen LogP contribution in [0.2, 0.25) is 0 Å². The molecule has 3 rings (SSSR count). The third-order valence-corrected chi connectivity index (χ3v) is 7.24. The molecule has 0 heterocycles. The maximum absolute atomic E-state index is 13.3. The van der Waals surface area contributed by atoms with E-state index >= 15 is 0 Å². The number of rotatable bonds is 9. The summed E-state index contributed by atoms with van der Waals surface area (Å²) in [5.41, 5.74) is 5.94. The molecule has 1 aliphatic rings. The minimum Gasteiger partial charge on any atom is -0.352 e. The number of aryl methyl sites for hydroxylation is 3. The number of hydrogen-bond acceptors (Lipinski definition) is 3. The maximum atomic E-state index is 13.3. The highest BCUT2D eigenvalue weighted by atomic mass is 32.2. The van der Waals surface area contributed by atoms with Crippen molar-refractivity contribution in [2.45, 2.75) is 77.8 Å². The van der Waals surface area contributed by atoms with Gasteiger partial charge in [0.2, 0.25) is 11.8 Å². The lowest BCUT2D eigenvalue weighted by molar-refractivity contribution is -0.139. The molecular weight excluding hydrogens is 416 g/mol. The number of carbonyl (C=O) groups is 2. The van der Waals surface area contributed by atoms with Crippen molar-refractivity contribution in [2.75, 3.05) is 5.75 Å². The monoisotopic (exact) mass is 452 g/mol. The lowest BCUT2D eigenvalue weighted by Gasteiger charge is -2.30. The van der Waals surface area contributed by atoms with Gasteiger partial charge >= 0.3 is 0 Å². The van der Waals surface area contributed by atoms with Gasteiger partial charge in [-0.3, -0.25) is 9.59 Å². The van der Waals surface area contributed by atoms with Gasteiger partial charge in [-0.15, -0.1) is 11.8 Å². The van der Waals surface area contributed by atoms with Gasteiger partial charge in [0, 0.05) is 18.3 Å². The number of nitrogens with zero attached hydrogens (tertiary/aromatic N) is 1. The van der Waals surface area contributed by atoms with Gasteiger partial charge in [0.05, 0.1) is 5.75 Å². The Morgan fingerprint density at radius 2 is 1.72 bits per heavy atom. The van der Waals surface area contributed by atoms with Crippen LogP contribution in [-0.2, 0) is 21.9 Å². The van der Waals surface area contributed by atoms with E-state index in [4.69, 9.17) is 0 Å². The van der Waals surface area contributed by atoms with Crippen LogP contribution < -0.4 is 5.32 Å². The number of hydrogen-bond donors (Lipinski definition) is 1. The minimum atomic E-state index is -0.496. The Morgan fingerprint density at radius 1 is 1.06 bits per heavy atom. The van der Waals surface area contributed by atoms with Crippen molar-refractivity contribution in [1.29, 1.82) is 0 Å². The van der Waals surface area contributed by atoms with Gasteiger partial charge in [-0.25, -0.2) is 0 Å². The SMILES string of the molecule is Cc1cc(C)cc(CSCC(=O)N(Cc2ccccc2C)C(C)C(=O)NC2CCCC2)c1. The molecule has 1 atom stereocenters. The normalized spacial score (nSPS) is 14.9. The second-order valence-electron chi connectivity index (χ2n) is 9.10. The fraction of sp³-hybridized carbons (Fsp3) is 0.481. The van der Waals surface area contributed by atoms with E-state index in [1.807, 2.05) is 25.1 Å². The summed E-state index contributed by atoms with van der Waals surface area (Å²) in [4.78, 5) is 28.0. The predicted molar refractivity (Wildman–Crippen MR) is 134 cm³/mol. The standard InChI is InChI=1S/C27H36N2O2S/c1-19-13-20(2)15-23(14-19)17-32-18-26(30)29(16-24-10-6-5-9-21(24)3)22(4)27(31)28-25-11-7-8-12-25/h5-6,9-10,13-15,22,25H,7-8,11-12,16-18H2,1-4H3,(H,28,31). The van der Waals surface area contributed by atoms with Crippen molar-refractivity contribution in [3.05, 3.63) is 70.3 Å². The van der Waals surface area contributed by atoms with Crippen LogP contribution in [0.1, 0.15) is 60.4 Å². The zero-order chi connectivity index (χ0) is 23.1. The van der Waals surface area contributed by atoms with Gasteiger partial charge < -0.3 is 10.2 Å². The quantitative estimate of drug-likeness (QED) is 0.560. The second kappa shape index (κ2) is 11.6. The van der Waals surface area contributed by atoms with Crippen LogP contribution in [0.5, 0.6) is 0 Å². The molecule has 2 aromatic rings. The predicted octanol–water partition coefficient (Wildman–Crippen LogP) is 5.32. The third kappa shape index (κ3) is 6.86. The summed E-state index contributed by atoms with van der Waals surface area (Å²) in [6, 6.07) is 14.3. The summed E-state index contributed by atoms with van der Waals surface area (Å²) >= 11 is 1.61. The lowest BCUT2D eigenvalue weighted by Crippen LogP contribution is -2.50. The molecule has 2 aromatic carbocycles. The van der Waals surface area contributed by atoms with Crippen molar-refractivity contribution in [2.24, 2.45) is 0 Å². The molecule has 0 bridgehead atoms. The molecule has 0 saturated heterocycles. The minimum absolute atomic E-state index is 0.0108. The lowest BCUT2D eigenvalue weighted by atomic mass is 10.1. The average molecular weight is 453 g/mol. The summed E-state index contributed by atoms with van der Waals surface area (Å²) < 4.78 is 0. The number of benzene rings is 2. The molecule has 172 valence electrons. The van der Waals surface area contributed by atoms with E-state index in [1.54, 1.807) is 16.7 Å². The van der Waals surface area contributed by atoms with E-state index in [2.05, 4.69) is 50.4 Å². The molecule has 0 radical (unpaired) electrons. The molecular formula is C27H36N2O2S.